The number of nitrogens with zero attached hydrogens (tertiary/aromatic N) is 1. The van der Waals surface area contributed by atoms with Crippen molar-refractivity contribution >= 4 is 6.29 Å². The fraction of sp³-hybridized carbons (Fsp3) is 0.250. The first-order valence-electron chi connectivity index (χ1n) is 4.83. The Balaban J connectivity index is 2.13. The van der Waals surface area contributed by atoms with Gasteiger partial charge < -0.3 is 4.90 Å². The van der Waals surface area contributed by atoms with E-state index in [-0.39, 0.29) is 0 Å². The topological polar surface area (TPSA) is 20.3 Å². The van der Waals surface area contributed by atoms with Crippen LogP contribution in [0.2, 0.25) is 0 Å². The molecule has 2 heteroatoms. The summed E-state index contributed by atoms with van der Waals surface area (Å²) in [7, 11) is 0. The van der Waals surface area contributed by atoms with Gasteiger partial charge in [-0.25, -0.2) is 0 Å². The highest BCUT2D eigenvalue weighted by Gasteiger charge is 2.11. The molecule has 0 radical (unpaired) electrons. The van der Waals surface area contributed by atoms with Crippen molar-refractivity contribution in [2.45, 2.75) is 13.0 Å². The molecule has 1 aromatic rings. The molecule has 72 valence electrons. The first-order chi connectivity index (χ1) is 6.90. The summed E-state index contributed by atoms with van der Waals surface area (Å²) in [6.07, 6.45) is 5.30. The van der Waals surface area contributed by atoms with Crippen LogP contribution in [-0.2, 0) is 17.8 Å². The Labute approximate surface area is 83.8 Å². The molecule has 0 spiro atoms. The molecule has 0 fully saturated rings. The molecule has 0 amide bonds. The fourth-order valence-electron chi connectivity index (χ4n) is 1.80. The highest BCUT2D eigenvalue weighted by Crippen LogP contribution is 2.18. The smallest absolute Gasteiger partial charge is 0.144 e. The molecule has 0 unspecified atom stereocenters. The summed E-state index contributed by atoms with van der Waals surface area (Å²) in [4.78, 5) is 12.3. The van der Waals surface area contributed by atoms with E-state index >= 15 is 0 Å². The van der Waals surface area contributed by atoms with Crippen molar-refractivity contribution in [2.75, 3.05) is 6.54 Å². The molecular formula is C12H13NO. The number of hydrogen-bond acceptors (Lipinski definition) is 2. The van der Waals surface area contributed by atoms with Crippen molar-refractivity contribution in [3.63, 3.8) is 0 Å². The van der Waals surface area contributed by atoms with Gasteiger partial charge in [-0.05, 0) is 23.6 Å². The second kappa shape index (κ2) is 4.09. The van der Waals surface area contributed by atoms with Crippen LogP contribution in [0.25, 0.3) is 0 Å². The molecule has 0 atom stereocenters. The Morgan fingerprint density at radius 2 is 2.00 bits per heavy atom. The largest absolute Gasteiger partial charge is 0.373 e. The minimum Gasteiger partial charge on any atom is -0.373 e. The van der Waals surface area contributed by atoms with Crippen LogP contribution in [0.15, 0.2) is 36.5 Å². The van der Waals surface area contributed by atoms with Crippen molar-refractivity contribution in [1.82, 2.24) is 4.90 Å². The molecule has 0 saturated carbocycles. The summed E-state index contributed by atoms with van der Waals surface area (Å²) in [5.74, 6) is 0. The molecule has 0 bridgehead atoms. The first kappa shape index (κ1) is 9.00. The van der Waals surface area contributed by atoms with Gasteiger partial charge in [-0.1, -0.05) is 24.3 Å². The number of aldehydes is 1. The van der Waals surface area contributed by atoms with Crippen molar-refractivity contribution in [1.29, 1.82) is 0 Å². The Hall–Kier alpha value is -1.57. The van der Waals surface area contributed by atoms with Crippen LogP contribution in [0.3, 0.4) is 0 Å². The number of rotatable bonds is 2. The third-order valence-electron chi connectivity index (χ3n) is 2.54. The molecule has 0 aromatic heterocycles. The average molecular weight is 187 g/mol. The van der Waals surface area contributed by atoms with E-state index in [0.29, 0.717) is 0 Å². The molecule has 0 aliphatic carbocycles. The van der Waals surface area contributed by atoms with Crippen LogP contribution >= 0.6 is 0 Å². The van der Waals surface area contributed by atoms with Crippen molar-refractivity contribution in [3.8, 4) is 0 Å². The molecule has 14 heavy (non-hydrogen) atoms. The van der Waals surface area contributed by atoms with E-state index in [4.69, 9.17) is 0 Å². The standard InChI is InChI=1S/C12H13NO/c14-9-3-7-13-8-6-11-4-1-2-5-12(11)10-13/h1-5,7,9H,6,8,10H2. The number of benzene rings is 1. The molecule has 0 saturated heterocycles. The normalized spacial score (nSPS) is 15.6. The summed E-state index contributed by atoms with van der Waals surface area (Å²) in [5, 5.41) is 0. The van der Waals surface area contributed by atoms with Crippen molar-refractivity contribution in [2.24, 2.45) is 0 Å². The van der Waals surface area contributed by atoms with Crippen molar-refractivity contribution in [3.05, 3.63) is 47.7 Å². The van der Waals surface area contributed by atoms with Crippen LogP contribution in [0.5, 0.6) is 0 Å². The monoisotopic (exact) mass is 187 g/mol. The van der Waals surface area contributed by atoms with Gasteiger partial charge in [0.15, 0.2) is 0 Å². The van der Waals surface area contributed by atoms with E-state index in [9.17, 15) is 4.79 Å². The lowest BCUT2D eigenvalue weighted by atomic mass is 10.0. The second-order valence-electron chi connectivity index (χ2n) is 3.47. The Bertz CT molecular complexity index is 357. The predicted molar refractivity (Wildman–Crippen MR) is 55.8 cm³/mol. The van der Waals surface area contributed by atoms with E-state index in [1.165, 1.54) is 11.1 Å². The summed E-state index contributed by atoms with van der Waals surface area (Å²) in [6.45, 7) is 1.92. The van der Waals surface area contributed by atoms with Gasteiger partial charge in [0.05, 0.1) is 0 Å². The molecule has 0 N–H and O–H groups in total. The third kappa shape index (κ3) is 1.84. The maximum atomic E-state index is 10.2. The van der Waals surface area contributed by atoms with Crippen molar-refractivity contribution < 1.29 is 4.79 Å². The van der Waals surface area contributed by atoms with Crippen LogP contribution < -0.4 is 0 Å². The van der Waals surface area contributed by atoms with Crippen LogP contribution in [0.4, 0.5) is 0 Å². The van der Waals surface area contributed by atoms with Crippen LogP contribution in [0.1, 0.15) is 11.1 Å². The maximum absolute atomic E-state index is 10.2. The van der Waals surface area contributed by atoms with Gasteiger partial charge in [0.25, 0.3) is 0 Å². The van der Waals surface area contributed by atoms with Gasteiger partial charge >= 0.3 is 0 Å². The molecular weight excluding hydrogens is 174 g/mol. The highest BCUT2D eigenvalue weighted by molar-refractivity contribution is 5.64. The van der Waals surface area contributed by atoms with Gasteiger partial charge in [0.1, 0.15) is 6.29 Å². The summed E-state index contributed by atoms with van der Waals surface area (Å²) < 4.78 is 0. The number of carbonyl (C=O) groups excluding carboxylic acids is 1. The SMILES string of the molecule is O=CC=CN1CCc2ccccc2C1. The quantitative estimate of drug-likeness (QED) is 0.519. The second-order valence-corrected chi connectivity index (χ2v) is 3.47. The maximum Gasteiger partial charge on any atom is 0.144 e. The van der Waals surface area contributed by atoms with E-state index in [1.807, 2.05) is 6.20 Å². The van der Waals surface area contributed by atoms with Gasteiger partial charge in [-0.15, -0.1) is 0 Å². The first-order valence-corrected chi connectivity index (χ1v) is 4.83. The van der Waals surface area contributed by atoms with Gasteiger partial charge in [0.2, 0.25) is 0 Å². The lowest BCUT2D eigenvalue weighted by Crippen LogP contribution is -2.25. The third-order valence-corrected chi connectivity index (χ3v) is 2.54. The molecule has 2 rings (SSSR count). The van der Waals surface area contributed by atoms with Gasteiger partial charge in [-0.3, -0.25) is 4.79 Å². The summed E-state index contributed by atoms with van der Waals surface area (Å²) >= 11 is 0. The zero-order valence-electron chi connectivity index (χ0n) is 8.02. The number of hydrogen-bond donors (Lipinski definition) is 0. The molecule has 1 aliphatic heterocycles. The number of allylic oxidation sites excluding steroid dienone is 1. The summed E-state index contributed by atoms with van der Waals surface area (Å²) in [6, 6.07) is 8.47. The lowest BCUT2D eigenvalue weighted by Gasteiger charge is -2.27. The zero-order valence-corrected chi connectivity index (χ0v) is 8.02. The van der Waals surface area contributed by atoms with E-state index < -0.39 is 0 Å². The van der Waals surface area contributed by atoms with E-state index in [0.717, 1.165) is 25.8 Å². The van der Waals surface area contributed by atoms with Gasteiger partial charge in [-0.2, -0.15) is 0 Å². The van der Waals surface area contributed by atoms with E-state index in [1.54, 1.807) is 6.08 Å². The molecule has 1 aliphatic rings. The molecule has 1 aromatic carbocycles. The average Bonchev–Trinajstić information content (AvgIpc) is 2.26. The lowest BCUT2D eigenvalue weighted by molar-refractivity contribution is -0.104. The minimum atomic E-state index is 0.820. The zero-order chi connectivity index (χ0) is 9.80. The number of carbonyl (C=O) groups is 1. The predicted octanol–water partition coefficient (Wildman–Crippen LogP) is 1.76. The number of fused-ring (bicyclic) bond motifs is 1. The van der Waals surface area contributed by atoms with Crippen LogP contribution in [-0.4, -0.2) is 17.7 Å². The van der Waals surface area contributed by atoms with Crippen LogP contribution in [0, 0.1) is 0 Å². The fourth-order valence-corrected chi connectivity index (χ4v) is 1.80. The van der Waals surface area contributed by atoms with Gasteiger partial charge in [0, 0.05) is 19.3 Å². The summed E-state index contributed by atoms with van der Waals surface area (Å²) in [5.41, 5.74) is 2.80. The van der Waals surface area contributed by atoms with E-state index in [2.05, 4.69) is 29.2 Å². The molecule has 2 nitrogen and oxygen atoms in total. The molecule has 1 heterocycles. The minimum absolute atomic E-state index is 0.820. The Morgan fingerprint density at radius 3 is 2.79 bits per heavy atom. The Morgan fingerprint density at radius 1 is 1.21 bits per heavy atom. The highest BCUT2D eigenvalue weighted by atomic mass is 16.1. The Kier molecular flexibility index (Phi) is 2.63.